The SMILES string of the molecule is O=C1Nc2cc(C#CC(O)NCC(F)F)ccc2C1C(=Nc1ccc(CN2CCCC2)cc1)c1ccccc1. The van der Waals surface area contributed by atoms with Gasteiger partial charge < -0.3 is 10.4 Å². The van der Waals surface area contributed by atoms with E-state index >= 15 is 0 Å². The number of carbonyl (C=O) groups is 1. The largest absolute Gasteiger partial charge is 0.367 e. The van der Waals surface area contributed by atoms with Crippen molar-refractivity contribution in [3.63, 3.8) is 0 Å². The number of nitrogens with zero attached hydrogens (tertiary/aromatic N) is 2. The minimum atomic E-state index is -2.58. The smallest absolute Gasteiger partial charge is 0.250 e. The van der Waals surface area contributed by atoms with E-state index in [2.05, 4.69) is 39.5 Å². The zero-order valence-electron chi connectivity index (χ0n) is 21.4. The van der Waals surface area contributed by atoms with Gasteiger partial charge in [-0.15, -0.1) is 0 Å². The molecule has 1 amide bonds. The van der Waals surface area contributed by atoms with E-state index in [0.717, 1.165) is 36.4 Å². The third-order valence-electron chi connectivity index (χ3n) is 6.84. The van der Waals surface area contributed by atoms with Gasteiger partial charge in [0.2, 0.25) is 5.91 Å². The van der Waals surface area contributed by atoms with Crippen molar-refractivity contribution in [3.8, 4) is 11.8 Å². The van der Waals surface area contributed by atoms with Gasteiger partial charge in [0.25, 0.3) is 6.43 Å². The summed E-state index contributed by atoms with van der Waals surface area (Å²) >= 11 is 0. The van der Waals surface area contributed by atoms with Crippen LogP contribution in [0.2, 0.25) is 0 Å². The molecule has 1 fully saturated rings. The number of aliphatic hydroxyl groups is 1. The van der Waals surface area contributed by atoms with Gasteiger partial charge in [-0.05, 0) is 72.8 Å². The average Bonchev–Trinajstić information content (AvgIpc) is 3.57. The summed E-state index contributed by atoms with van der Waals surface area (Å²) in [6.45, 7) is 2.55. The molecule has 3 aromatic rings. The zero-order chi connectivity index (χ0) is 27.2. The minimum absolute atomic E-state index is 0.193. The van der Waals surface area contributed by atoms with Crippen LogP contribution in [0.25, 0.3) is 0 Å². The molecule has 0 aromatic heterocycles. The average molecular weight is 529 g/mol. The van der Waals surface area contributed by atoms with E-state index < -0.39 is 25.1 Å². The van der Waals surface area contributed by atoms with Crippen molar-refractivity contribution in [2.45, 2.75) is 38.0 Å². The van der Waals surface area contributed by atoms with Crippen molar-refractivity contribution in [3.05, 3.63) is 95.1 Å². The Kier molecular flexibility index (Phi) is 8.42. The van der Waals surface area contributed by atoms with Crippen molar-refractivity contribution >= 4 is 23.0 Å². The van der Waals surface area contributed by atoms with E-state index in [4.69, 9.17) is 4.99 Å². The maximum Gasteiger partial charge on any atom is 0.250 e. The predicted octanol–water partition coefficient (Wildman–Crippen LogP) is 4.66. The molecule has 0 spiro atoms. The molecule has 3 aromatic carbocycles. The van der Waals surface area contributed by atoms with Crippen LogP contribution in [0.5, 0.6) is 0 Å². The molecule has 200 valence electrons. The highest BCUT2D eigenvalue weighted by atomic mass is 19.3. The van der Waals surface area contributed by atoms with Crippen LogP contribution >= 0.6 is 0 Å². The van der Waals surface area contributed by atoms with Crippen LogP contribution < -0.4 is 10.6 Å². The Labute approximate surface area is 226 Å². The van der Waals surface area contributed by atoms with Gasteiger partial charge in [0.1, 0.15) is 5.92 Å². The summed E-state index contributed by atoms with van der Waals surface area (Å²) in [5.41, 5.74) is 5.43. The summed E-state index contributed by atoms with van der Waals surface area (Å²) in [5.74, 6) is 4.45. The molecular weight excluding hydrogens is 498 g/mol. The molecule has 39 heavy (non-hydrogen) atoms. The minimum Gasteiger partial charge on any atom is -0.367 e. The molecule has 6 nitrogen and oxygen atoms in total. The number of carbonyl (C=O) groups excluding carboxylic acids is 1. The second-order valence-corrected chi connectivity index (χ2v) is 9.71. The summed E-state index contributed by atoms with van der Waals surface area (Å²) in [5, 5.41) is 14.9. The van der Waals surface area contributed by atoms with Gasteiger partial charge in [0, 0.05) is 17.8 Å². The third kappa shape index (κ3) is 6.76. The first kappa shape index (κ1) is 26.7. The summed E-state index contributed by atoms with van der Waals surface area (Å²) in [7, 11) is 0. The van der Waals surface area contributed by atoms with E-state index in [9.17, 15) is 18.7 Å². The van der Waals surface area contributed by atoms with E-state index in [-0.39, 0.29) is 5.91 Å². The number of amides is 1. The number of anilines is 1. The fraction of sp³-hybridized carbons (Fsp3) is 0.290. The summed E-state index contributed by atoms with van der Waals surface area (Å²) in [4.78, 5) is 20.7. The molecule has 0 bridgehead atoms. The lowest BCUT2D eigenvalue weighted by Crippen LogP contribution is -2.31. The normalized spacial score (nSPS) is 18.0. The second kappa shape index (κ2) is 12.3. The summed E-state index contributed by atoms with van der Waals surface area (Å²) in [6, 6.07) is 23.1. The van der Waals surface area contributed by atoms with Crippen molar-refractivity contribution in [2.75, 3.05) is 25.0 Å². The Morgan fingerprint density at radius 2 is 1.82 bits per heavy atom. The molecule has 3 N–H and O–H groups in total. The topological polar surface area (TPSA) is 77.0 Å². The van der Waals surface area contributed by atoms with Crippen LogP contribution in [0.15, 0.2) is 77.8 Å². The van der Waals surface area contributed by atoms with Crippen LogP contribution in [0.1, 0.15) is 41.0 Å². The van der Waals surface area contributed by atoms with E-state index in [1.54, 1.807) is 12.1 Å². The maximum atomic E-state index is 13.3. The van der Waals surface area contributed by atoms with Crippen LogP contribution in [0.3, 0.4) is 0 Å². The van der Waals surface area contributed by atoms with Gasteiger partial charge >= 0.3 is 0 Å². The fourth-order valence-electron chi connectivity index (χ4n) is 4.93. The number of likely N-dealkylation sites (tertiary alicyclic amines) is 1. The van der Waals surface area contributed by atoms with E-state index in [1.165, 1.54) is 18.4 Å². The van der Waals surface area contributed by atoms with Gasteiger partial charge in [-0.3, -0.25) is 20.0 Å². The van der Waals surface area contributed by atoms with Gasteiger partial charge in [0.15, 0.2) is 6.23 Å². The molecule has 0 radical (unpaired) electrons. The van der Waals surface area contributed by atoms with Gasteiger partial charge in [0.05, 0.1) is 17.9 Å². The first-order chi connectivity index (χ1) is 19.0. The number of aliphatic hydroxyl groups excluding tert-OH is 1. The number of hydrogen-bond acceptors (Lipinski definition) is 5. The Hall–Kier alpha value is -3.90. The molecule has 0 saturated carbocycles. The van der Waals surface area contributed by atoms with Crippen LogP contribution in [-0.4, -0.2) is 53.9 Å². The van der Waals surface area contributed by atoms with Gasteiger partial charge in [-0.1, -0.05) is 54.5 Å². The van der Waals surface area contributed by atoms with Crippen molar-refractivity contribution in [2.24, 2.45) is 4.99 Å². The highest BCUT2D eigenvalue weighted by molar-refractivity contribution is 6.24. The molecule has 2 aliphatic heterocycles. The summed E-state index contributed by atoms with van der Waals surface area (Å²) in [6.07, 6.45) is -1.46. The molecule has 2 heterocycles. The number of rotatable bonds is 8. The quantitative estimate of drug-likeness (QED) is 0.226. The third-order valence-corrected chi connectivity index (χ3v) is 6.84. The lowest BCUT2D eigenvalue weighted by atomic mass is 9.90. The number of nitrogens with one attached hydrogen (secondary N) is 2. The summed E-state index contributed by atoms with van der Waals surface area (Å²) < 4.78 is 24.7. The Morgan fingerprint density at radius 3 is 2.54 bits per heavy atom. The molecule has 2 atom stereocenters. The molecule has 0 aliphatic carbocycles. The first-order valence-electron chi connectivity index (χ1n) is 13.1. The number of fused-ring (bicyclic) bond motifs is 1. The molecule has 2 aliphatic rings. The molecule has 8 heteroatoms. The maximum absolute atomic E-state index is 13.3. The Bertz CT molecular complexity index is 1390. The van der Waals surface area contributed by atoms with Crippen LogP contribution in [-0.2, 0) is 11.3 Å². The monoisotopic (exact) mass is 528 g/mol. The first-order valence-corrected chi connectivity index (χ1v) is 13.1. The van der Waals surface area contributed by atoms with Gasteiger partial charge in [-0.25, -0.2) is 8.78 Å². The van der Waals surface area contributed by atoms with Gasteiger partial charge in [-0.2, -0.15) is 0 Å². The number of hydrogen-bond donors (Lipinski definition) is 3. The van der Waals surface area contributed by atoms with E-state index in [1.807, 2.05) is 48.5 Å². The van der Waals surface area contributed by atoms with Crippen LogP contribution in [0.4, 0.5) is 20.2 Å². The Morgan fingerprint density at radius 1 is 1.08 bits per heavy atom. The Balaban J connectivity index is 1.41. The standard InChI is InChI=1S/C31H30F2N4O2/c32-27(33)19-34-28(38)15-11-21-10-14-25-26(18-21)36-31(39)29(25)30(23-6-2-1-3-7-23)35-24-12-8-22(9-13-24)20-37-16-4-5-17-37/h1-3,6-10,12-14,18,27-29,34,38H,4-5,16-17,19-20H2,(H,36,39). The molecule has 1 saturated heterocycles. The number of alkyl halides is 2. The van der Waals surface area contributed by atoms with Crippen LogP contribution in [0, 0.1) is 11.8 Å². The van der Waals surface area contributed by atoms with Crippen molar-refractivity contribution < 1.29 is 18.7 Å². The van der Waals surface area contributed by atoms with Crippen molar-refractivity contribution in [1.29, 1.82) is 0 Å². The number of halogens is 2. The molecular formula is C31H30F2N4O2. The lowest BCUT2D eigenvalue weighted by molar-refractivity contribution is -0.115. The highest BCUT2D eigenvalue weighted by Gasteiger charge is 2.35. The molecule has 5 rings (SSSR count). The number of aliphatic imine (C=N–C) groups is 1. The predicted molar refractivity (Wildman–Crippen MR) is 148 cm³/mol. The van der Waals surface area contributed by atoms with Crippen molar-refractivity contribution in [1.82, 2.24) is 10.2 Å². The number of benzene rings is 3. The highest BCUT2D eigenvalue weighted by Crippen LogP contribution is 2.37. The lowest BCUT2D eigenvalue weighted by Gasteiger charge is -2.15. The molecule has 2 unspecified atom stereocenters. The fourth-order valence-corrected chi connectivity index (χ4v) is 4.93. The van der Waals surface area contributed by atoms with E-state index in [0.29, 0.717) is 17.0 Å². The zero-order valence-corrected chi connectivity index (χ0v) is 21.4. The second-order valence-electron chi connectivity index (χ2n) is 9.71.